The van der Waals surface area contributed by atoms with Gasteiger partial charge in [-0.15, -0.1) is 4.98 Å². The minimum absolute atomic E-state index is 0.00599. The molecule has 0 aliphatic heterocycles. The number of aromatic nitrogens is 4. The summed E-state index contributed by atoms with van der Waals surface area (Å²) in [7, 11) is 0. The summed E-state index contributed by atoms with van der Waals surface area (Å²) in [4.78, 5) is 13.3. The van der Waals surface area contributed by atoms with Crippen molar-refractivity contribution < 1.29 is 0 Å². The Balaban J connectivity index is 1.32. The highest BCUT2D eigenvalue weighted by Crippen LogP contribution is 2.40. The van der Waals surface area contributed by atoms with Gasteiger partial charge in [-0.25, -0.2) is 4.98 Å². The second-order valence-corrected chi connectivity index (χ2v) is 12.0. The first-order valence-electron chi connectivity index (χ1n) is 15.7. The van der Waals surface area contributed by atoms with E-state index in [1.54, 1.807) is 0 Å². The van der Waals surface area contributed by atoms with E-state index in [1.807, 2.05) is 0 Å². The van der Waals surface area contributed by atoms with Crippen LogP contribution in [0.4, 0.5) is 5.82 Å². The molecule has 0 saturated carbocycles. The number of benzene rings is 7. The van der Waals surface area contributed by atoms with E-state index in [0.717, 1.165) is 55.0 Å². The summed E-state index contributed by atoms with van der Waals surface area (Å²) < 4.78 is 4.55. The van der Waals surface area contributed by atoms with Crippen molar-refractivity contribution in [3.63, 3.8) is 0 Å². The van der Waals surface area contributed by atoms with Crippen LogP contribution in [0.15, 0.2) is 133 Å². The quantitative estimate of drug-likeness (QED) is 0.144. The van der Waals surface area contributed by atoms with E-state index < -0.39 is 0 Å². The molecule has 0 saturated heterocycles. The maximum absolute atomic E-state index is 10.0. The summed E-state index contributed by atoms with van der Waals surface area (Å²) in [6.45, 7) is 7.82. The highest BCUT2D eigenvalue weighted by molar-refractivity contribution is 6.24. The van der Waals surface area contributed by atoms with Crippen LogP contribution in [0.5, 0.6) is 0 Å². The molecule has 220 valence electrons. The third kappa shape index (κ3) is 3.49. The predicted molar refractivity (Wildman–Crippen MR) is 194 cm³/mol. The number of para-hydroxylation sites is 4. The Labute approximate surface area is 273 Å². The van der Waals surface area contributed by atoms with Crippen molar-refractivity contribution in [2.75, 3.05) is 0 Å². The Morgan fingerprint density at radius 1 is 0.479 bits per heavy atom. The van der Waals surface area contributed by atoms with Crippen LogP contribution in [0.25, 0.3) is 92.4 Å². The molecule has 0 amide bonds. The highest BCUT2D eigenvalue weighted by Gasteiger charge is 2.21. The van der Waals surface area contributed by atoms with Crippen LogP contribution >= 0.6 is 0 Å². The standard InChI is InChI=1S/C42H22N6/c1-44-42-35(24-43)45-40-33-22-25(47-36-14-6-2-10-29(36)30-11-3-7-15-37(30)47)18-20-27(33)28-21-19-26(23-34(28)41(40)46-42)48-38-16-8-4-12-31(38)32-13-5-9-17-39(32)48/h2-23H. The van der Waals surface area contributed by atoms with Crippen molar-refractivity contribution in [2.24, 2.45) is 0 Å². The highest BCUT2D eigenvalue weighted by atomic mass is 15.0. The zero-order chi connectivity index (χ0) is 31.9. The molecule has 0 aliphatic carbocycles. The predicted octanol–water partition coefficient (Wildman–Crippen LogP) is 10.6. The van der Waals surface area contributed by atoms with Crippen LogP contribution in [0.2, 0.25) is 0 Å². The molecule has 0 bridgehead atoms. The Morgan fingerprint density at radius 2 is 0.875 bits per heavy atom. The average Bonchev–Trinajstić information content (AvgIpc) is 3.67. The zero-order valence-corrected chi connectivity index (χ0v) is 25.4. The van der Waals surface area contributed by atoms with Gasteiger partial charge >= 0.3 is 5.82 Å². The molecule has 0 spiro atoms. The van der Waals surface area contributed by atoms with Crippen LogP contribution in [-0.2, 0) is 0 Å². The molecular formula is C42H22N6. The molecule has 6 heteroatoms. The summed E-state index contributed by atoms with van der Waals surface area (Å²) in [5, 5.41) is 18.5. The number of rotatable bonds is 2. The first kappa shape index (κ1) is 26.2. The Hall–Kier alpha value is -7.02. The summed E-state index contributed by atoms with van der Waals surface area (Å²) in [6.07, 6.45) is 0. The first-order valence-corrected chi connectivity index (χ1v) is 15.7. The van der Waals surface area contributed by atoms with Gasteiger partial charge in [0.05, 0.1) is 22.1 Å². The lowest BCUT2D eigenvalue weighted by Crippen LogP contribution is -1.98. The van der Waals surface area contributed by atoms with E-state index >= 15 is 0 Å². The van der Waals surface area contributed by atoms with Crippen molar-refractivity contribution in [3.05, 3.63) is 151 Å². The van der Waals surface area contributed by atoms with Gasteiger partial charge in [0.15, 0.2) is 11.2 Å². The van der Waals surface area contributed by atoms with Crippen LogP contribution < -0.4 is 0 Å². The minimum Gasteiger partial charge on any atom is -0.358 e. The Kier molecular flexibility index (Phi) is 5.32. The molecule has 10 aromatic rings. The first-order chi connectivity index (χ1) is 23.7. The molecular weight excluding hydrogens is 589 g/mol. The van der Waals surface area contributed by atoms with E-state index in [4.69, 9.17) is 16.5 Å². The van der Waals surface area contributed by atoms with E-state index in [9.17, 15) is 5.26 Å². The monoisotopic (exact) mass is 610 g/mol. The molecule has 10 rings (SSSR count). The van der Waals surface area contributed by atoms with Crippen LogP contribution in [-0.4, -0.2) is 19.1 Å². The largest absolute Gasteiger partial charge is 0.358 e. The lowest BCUT2D eigenvalue weighted by molar-refractivity contribution is 1.18. The minimum atomic E-state index is 0.00599. The van der Waals surface area contributed by atoms with Gasteiger partial charge in [-0.05, 0) is 59.3 Å². The van der Waals surface area contributed by atoms with Gasteiger partial charge in [-0.2, -0.15) is 5.26 Å². The summed E-state index contributed by atoms with van der Waals surface area (Å²) in [6, 6.07) is 48.7. The molecule has 0 fully saturated rings. The van der Waals surface area contributed by atoms with Crippen molar-refractivity contribution >= 4 is 82.0 Å². The maximum Gasteiger partial charge on any atom is 0.307 e. The zero-order valence-electron chi connectivity index (χ0n) is 25.4. The molecule has 6 nitrogen and oxygen atoms in total. The smallest absolute Gasteiger partial charge is 0.307 e. The van der Waals surface area contributed by atoms with Crippen LogP contribution in [0.3, 0.4) is 0 Å². The number of nitriles is 1. The molecule has 0 atom stereocenters. The summed E-state index contributed by atoms with van der Waals surface area (Å²) >= 11 is 0. The molecule has 0 unspecified atom stereocenters. The molecule has 0 N–H and O–H groups in total. The van der Waals surface area contributed by atoms with E-state index in [1.165, 1.54) is 21.5 Å². The third-order valence-electron chi connectivity index (χ3n) is 9.57. The van der Waals surface area contributed by atoms with Gasteiger partial charge in [0.25, 0.3) is 0 Å². The van der Waals surface area contributed by atoms with Gasteiger partial charge < -0.3 is 14.0 Å². The number of hydrogen-bond donors (Lipinski definition) is 0. The van der Waals surface area contributed by atoms with E-state index in [2.05, 4.69) is 154 Å². The molecule has 3 aromatic heterocycles. The average molecular weight is 611 g/mol. The van der Waals surface area contributed by atoms with E-state index in [-0.39, 0.29) is 11.5 Å². The summed E-state index contributed by atoms with van der Waals surface area (Å²) in [5.41, 5.74) is 7.63. The van der Waals surface area contributed by atoms with Gasteiger partial charge in [0.2, 0.25) is 0 Å². The van der Waals surface area contributed by atoms with Gasteiger partial charge in [0.1, 0.15) is 11.6 Å². The Bertz CT molecular complexity index is 2780. The topological polar surface area (TPSA) is 63.8 Å². The fourth-order valence-corrected chi connectivity index (χ4v) is 7.56. The fraction of sp³-hybridized carbons (Fsp3) is 0. The summed E-state index contributed by atoms with van der Waals surface area (Å²) in [5.74, 6) is 0.00599. The SMILES string of the molecule is [C-]#[N+]c1nc2c3cc(-n4c5ccccc5c5ccccc54)ccc3c3ccc(-n4c5ccccc5c5ccccc54)cc3c2nc1C#N. The van der Waals surface area contributed by atoms with Crippen molar-refractivity contribution in [1.82, 2.24) is 19.1 Å². The van der Waals surface area contributed by atoms with Crippen molar-refractivity contribution in [3.8, 4) is 17.4 Å². The lowest BCUT2D eigenvalue weighted by Gasteiger charge is -2.14. The van der Waals surface area contributed by atoms with Crippen molar-refractivity contribution in [1.29, 1.82) is 5.26 Å². The molecule has 48 heavy (non-hydrogen) atoms. The second kappa shape index (κ2) is 9.74. The molecule has 0 radical (unpaired) electrons. The molecule has 7 aromatic carbocycles. The van der Waals surface area contributed by atoms with E-state index in [0.29, 0.717) is 11.0 Å². The van der Waals surface area contributed by atoms with Crippen LogP contribution in [0, 0.1) is 17.9 Å². The van der Waals surface area contributed by atoms with Crippen LogP contribution in [0.1, 0.15) is 5.69 Å². The molecule has 3 heterocycles. The number of fused-ring (bicyclic) bond motifs is 12. The van der Waals surface area contributed by atoms with Gasteiger partial charge in [-0.1, -0.05) is 91.5 Å². The van der Waals surface area contributed by atoms with Gasteiger partial charge in [-0.3, -0.25) is 0 Å². The van der Waals surface area contributed by atoms with Gasteiger partial charge in [0, 0.05) is 43.7 Å². The third-order valence-corrected chi connectivity index (χ3v) is 9.57. The fourth-order valence-electron chi connectivity index (χ4n) is 7.56. The Morgan fingerprint density at radius 3 is 1.27 bits per heavy atom. The number of hydrogen-bond acceptors (Lipinski definition) is 3. The molecule has 0 aliphatic rings. The number of nitrogens with zero attached hydrogens (tertiary/aromatic N) is 6. The van der Waals surface area contributed by atoms with Crippen molar-refractivity contribution in [2.45, 2.75) is 0 Å². The second-order valence-electron chi connectivity index (χ2n) is 12.0. The lowest BCUT2D eigenvalue weighted by atomic mass is 9.98. The normalized spacial score (nSPS) is 11.7. The maximum atomic E-state index is 10.0.